The molecule has 1 aromatic heterocycles. The van der Waals surface area contributed by atoms with E-state index >= 15 is 0 Å². The average molecular weight is 246 g/mol. The molecule has 0 spiro atoms. The number of ether oxygens (including phenoxy) is 1. The van der Waals surface area contributed by atoms with E-state index in [1.807, 2.05) is 6.92 Å². The summed E-state index contributed by atoms with van der Waals surface area (Å²) in [5, 5.41) is 3.81. The topological polar surface area (TPSA) is 65.2 Å². The van der Waals surface area contributed by atoms with Gasteiger partial charge in [-0.3, -0.25) is 4.79 Å². The first-order chi connectivity index (χ1) is 8.69. The highest BCUT2D eigenvalue weighted by Gasteiger charge is 2.07. The quantitative estimate of drug-likeness (QED) is 0.613. The van der Waals surface area contributed by atoms with Crippen LogP contribution in [0.5, 0.6) is 5.75 Å². The van der Waals surface area contributed by atoms with Crippen molar-refractivity contribution >= 4 is 5.97 Å². The van der Waals surface area contributed by atoms with E-state index in [9.17, 15) is 4.79 Å². The first-order valence-electron chi connectivity index (χ1n) is 5.80. The minimum absolute atomic E-state index is 0.222. The van der Waals surface area contributed by atoms with E-state index in [1.54, 1.807) is 31.2 Å². The standard InChI is InChI=1S/C13H14N2O3/c1-3-4-12(16)17-11-7-5-10(6-8-11)13-14-9(2)18-15-13/h5-8H,3-4H2,1-2H3. The number of hydrogen-bond donors (Lipinski definition) is 0. The van der Waals surface area contributed by atoms with Crippen LogP contribution in [0.25, 0.3) is 11.4 Å². The van der Waals surface area contributed by atoms with Crippen LogP contribution in [0.3, 0.4) is 0 Å². The number of rotatable bonds is 4. The van der Waals surface area contributed by atoms with E-state index in [2.05, 4.69) is 10.1 Å². The highest BCUT2D eigenvalue weighted by atomic mass is 16.5. The number of aromatic nitrogens is 2. The van der Waals surface area contributed by atoms with Gasteiger partial charge in [0.05, 0.1) is 0 Å². The Balaban J connectivity index is 2.08. The van der Waals surface area contributed by atoms with Crippen LogP contribution in [0, 0.1) is 6.92 Å². The molecule has 18 heavy (non-hydrogen) atoms. The molecule has 0 atom stereocenters. The summed E-state index contributed by atoms with van der Waals surface area (Å²) in [6.45, 7) is 3.67. The van der Waals surface area contributed by atoms with Crippen molar-refractivity contribution in [2.75, 3.05) is 0 Å². The highest BCUT2D eigenvalue weighted by Crippen LogP contribution is 2.20. The van der Waals surface area contributed by atoms with Crippen LogP contribution in [0.2, 0.25) is 0 Å². The van der Waals surface area contributed by atoms with Gasteiger partial charge in [0.1, 0.15) is 5.75 Å². The van der Waals surface area contributed by atoms with Crippen LogP contribution in [0.1, 0.15) is 25.7 Å². The molecule has 0 saturated carbocycles. The molecule has 0 N–H and O–H groups in total. The third kappa shape index (κ3) is 2.94. The van der Waals surface area contributed by atoms with Crippen molar-refractivity contribution in [3.05, 3.63) is 30.2 Å². The Morgan fingerprint density at radius 2 is 2.06 bits per heavy atom. The molecule has 5 nitrogen and oxygen atoms in total. The molecule has 0 aliphatic heterocycles. The van der Waals surface area contributed by atoms with Crippen molar-refractivity contribution in [3.63, 3.8) is 0 Å². The van der Waals surface area contributed by atoms with Gasteiger partial charge in [-0.25, -0.2) is 0 Å². The van der Waals surface area contributed by atoms with E-state index in [4.69, 9.17) is 9.26 Å². The molecular weight excluding hydrogens is 232 g/mol. The van der Waals surface area contributed by atoms with E-state index in [1.165, 1.54) is 0 Å². The predicted octanol–water partition coefficient (Wildman–Crippen LogP) is 2.75. The number of benzene rings is 1. The molecule has 2 aromatic rings. The smallest absolute Gasteiger partial charge is 0.311 e. The van der Waals surface area contributed by atoms with Crippen LogP contribution in [-0.4, -0.2) is 16.1 Å². The lowest BCUT2D eigenvalue weighted by Gasteiger charge is -2.03. The molecule has 0 amide bonds. The van der Waals surface area contributed by atoms with Crippen LogP contribution in [0.15, 0.2) is 28.8 Å². The first-order valence-corrected chi connectivity index (χ1v) is 5.80. The Bertz CT molecular complexity index is 531. The zero-order valence-corrected chi connectivity index (χ0v) is 10.3. The van der Waals surface area contributed by atoms with E-state index < -0.39 is 0 Å². The van der Waals surface area contributed by atoms with Crippen LogP contribution in [-0.2, 0) is 4.79 Å². The molecule has 5 heteroatoms. The largest absolute Gasteiger partial charge is 0.427 e. The second kappa shape index (κ2) is 5.44. The van der Waals surface area contributed by atoms with Crippen molar-refractivity contribution < 1.29 is 14.1 Å². The van der Waals surface area contributed by atoms with Crippen molar-refractivity contribution in [3.8, 4) is 17.1 Å². The van der Waals surface area contributed by atoms with Crippen LogP contribution < -0.4 is 4.74 Å². The summed E-state index contributed by atoms with van der Waals surface area (Å²) in [6.07, 6.45) is 1.20. The maximum absolute atomic E-state index is 11.3. The molecular formula is C13H14N2O3. The maximum Gasteiger partial charge on any atom is 0.311 e. The van der Waals surface area contributed by atoms with Crippen molar-refractivity contribution in [1.29, 1.82) is 0 Å². The molecule has 94 valence electrons. The van der Waals surface area contributed by atoms with Gasteiger partial charge in [-0.05, 0) is 30.7 Å². The fourth-order valence-electron chi connectivity index (χ4n) is 1.48. The van der Waals surface area contributed by atoms with Crippen molar-refractivity contribution in [2.45, 2.75) is 26.7 Å². The predicted molar refractivity (Wildman–Crippen MR) is 65.0 cm³/mol. The Hall–Kier alpha value is -2.17. The fraction of sp³-hybridized carbons (Fsp3) is 0.308. The van der Waals surface area contributed by atoms with Gasteiger partial charge in [-0.2, -0.15) is 4.98 Å². The highest BCUT2D eigenvalue weighted by molar-refractivity contribution is 5.72. The number of hydrogen-bond acceptors (Lipinski definition) is 5. The number of carbonyl (C=O) groups is 1. The second-order valence-corrected chi connectivity index (χ2v) is 3.89. The van der Waals surface area contributed by atoms with Gasteiger partial charge >= 0.3 is 5.97 Å². The number of esters is 1. The van der Waals surface area contributed by atoms with Crippen LogP contribution in [0.4, 0.5) is 0 Å². The lowest BCUT2D eigenvalue weighted by Crippen LogP contribution is -2.06. The summed E-state index contributed by atoms with van der Waals surface area (Å²) >= 11 is 0. The lowest BCUT2D eigenvalue weighted by atomic mass is 10.2. The summed E-state index contributed by atoms with van der Waals surface area (Å²) in [6, 6.07) is 7.01. The van der Waals surface area contributed by atoms with Gasteiger partial charge in [0.2, 0.25) is 11.7 Å². The SMILES string of the molecule is CCCC(=O)Oc1ccc(-c2noc(C)n2)cc1. The molecule has 0 radical (unpaired) electrons. The summed E-state index contributed by atoms with van der Waals surface area (Å²) in [5.74, 6) is 1.35. The summed E-state index contributed by atoms with van der Waals surface area (Å²) in [7, 11) is 0. The zero-order chi connectivity index (χ0) is 13.0. The van der Waals surface area contributed by atoms with Crippen LogP contribution >= 0.6 is 0 Å². The molecule has 0 aliphatic rings. The molecule has 0 fully saturated rings. The molecule has 2 rings (SSSR count). The minimum atomic E-state index is -0.222. The number of aryl methyl sites for hydroxylation is 1. The minimum Gasteiger partial charge on any atom is -0.427 e. The molecule has 1 aromatic carbocycles. The molecule has 1 heterocycles. The third-order valence-corrected chi connectivity index (χ3v) is 2.33. The van der Waals surface area contributed by atoms with Gasteiger partial charge in [-0.15, -0.1) is 0 Å². The normalized spacial score (nSPS) is 10.3. The summed E-state index contributed by atoms with van der Waals surface area (Å²) in [5.41, 5.74) is 0.821. The van der Waals surface area contributed by atoms with Gasteiger partial charge in [-0.1, -0.05) is 12.1 Å². The zero-order valence-electron chi connectivity index (χ0n) is 10.3. The van der Waals surface area contributed by atoms with Crippen molar-refractivity contribution in [1.82, 2.24) is 10.1 Å². The van der Waals surface area contributed by atoms with Crippen molar-refractivity contribution in [2.24, 2.45) is 0 Å². The average Bonchev–Trinajstić information content (AvgIpc) is 2.77. The second-order valence-electron chi connectivity index (χ2n) is 3.89. The Morgan fingerprint density at radius 3 is 2.61 bits per heavy atom. The molecule has 0 unspecified atom stereocenters. The number of nitrogens with zero attached hydrogens (tertiary/aromatic N) is 2. The van der Waals surface area contributed by atoms with Gasteiger partial charge < -0.3 is 9.26 Å². The molecule has 0 aliphatic carbocycles. The third-order valence-electron chi connectivity index (χ3n) is 2.33. The van der Waals surface area contributed by atoms with Gasteiger partial charge in [0, 0.05) is 18.9 Å². The van der Waals surface area contributed by atoms with E-state index in [0.717, 1.165) is 12.0 Å². The lowest BCUT2D eigenvalue weighted by molar-refractivity contribution is -0.134. The summed E-state index contributed by atoms with van der Waals surface area (Å²) < 4.78 is 10.0. The van der Waals surface area contributed by atoms with E-state index in [0.29, 0.717) is 23.9 Å². The Morgan fingerprint density at radius 1 is 1.33 bits per heavy atom. The molecule has 0 bridgehead atoms. The maximum atomic E-state index is 11.3. The monoisotopic (exact) mass is 246 g/mol. The molecule has 0 saturated heterocycles. The Labute approximate surface area is 105 Å². The Kier molecular flexibility index (Phi) is 3.72. The van der Waals surface area contributed by atoms with Gasteiger partial charge in [0.15, 0.2) is 0 Å². The van der Waals surface area contributed by atoms with E-state index in [-0.39, 0.29) is 5.97 Å². The van der Waals surface area contributed by atoms with Gasteiger partial charge in [0.25, 0.3) is 0 Å². The summed E-state index contributed by atoms with van der Waals surface area (Å²) in [4.78, 5) is 15.4. The number of carbonyl (C=O) groups excluding carboxylic acids is 1. The first kappa shape index (κ1) is 12.3. The fourth-order valence-corrected chi connectivity index (χ4v) is 1.48.